The molecule has 20 heavy (non-hydrogen) atoms. The van der Waals surface area contributed by atoms with Gasteiger partial charge in [0.2, 0.25) is 0 Å². The summed E-state index contributed by atoms with van der Waals surface area (Å²) in [6.07, 6.45) is -0.988. The zero-order chi connectivity index (χ0) is 15.2. The Bertz CT molecular complexity index is 485. The highest BCUT2D eigenvalue weighted by atomic mass is 31.2. The van der Waals surface area contributed by atoms with Gasteiger partial charge in [-0.2, -0.15) is 0 Å². The first kappa shape index (κ1) is 16.5. The number of hydrogen-bond donors (Lipinski definition) is 3. The third-order valence-electron chi connectivity index (χ3n) is 2.20. The van der Waals surface area contributed by atoms with Crippen LogP contribution >= 0.6 is 7.82 Å². The molecule has 0 amide bonds. The number of aliphatic hydroxyl groups is 1. The average molecular weight is 307 g/mol. The summed E-state index contributed by atoms with van der Waals surface area (Å²) in [6, 6.07) is 5.39. The lowest BCUT2D eigenvalue weighted by molar-refractivity contribution is -0.384. The van der Waals surface area contributed by atoms with Crippen LogP contribution in [0.3, 0.4) is 0 Å². The summed E-state index contributed by atoms with van der Waals surface area (Å²) in [5.74, 6) is 0.388. The fraction of sp³-hybridized carbons (Fsp3) is 0.400. The van der Waals surface area contributed by atoms with E-state index in [1.54, 1.807) is 0 Å². The van der Waals surface area contributed by atoms with Crippen LogP contribution in [0.4, 0.5) is 5.69 Å². The first-order valence-corrected chi connectivity index (χ1v) is 7.06. The molecule has 0 fully saturated rings. The Balaban J connectivity index is 2.30. The molecule has 0 spiro atoms. The van der Waals surface area contributed by atoms with Gasteiger partial charge in [-0.05, 0) is 12.1 Å². The average Bonchev–Trinajstić information content (AvgIpc) is 2.36. The van der Waals surface area contributed by atoms with Gasteiger partial charge in [0.05, 0.1) is 24.2 Å². The van der Waals surface area contributed by atoms with E-state index in [0.29, 0.717) is 5.75 Å². The Labute approximate surface area is 114 Å². The summed E-state index contributed by atoms with van der Waals surface area (Å²) in [6.45, 7) is -0.433. The lowest BCUT2D eigenvalue weighted by Gasteiger charge is -2.12. The molecule has 0 radical (unpaired) electrons. The number of nitrogens with zero attached hydrogens (tertiary/aromatic N) is 1. The second-order valence-corrected chi connectivity index (χ2v) is 5.07. The van der Waals surface area contributed by atoms with Crippen LogP contribution in [0.1, 0.15) is 6.42 Å². The van der Waals surface area contributed by atoms with Gasteiger partial charge in [-0.1, -0.05) is 0 Å². The number of hydrogen-bond acceptors (Lipinski definition) is 6. The second kappa shape index (κ2) is 7.32. The maximum atomic E-state index is 10.4. The molecule has 0 saturated carbocycles. The lowest BCUT2D eigenvalue weighted by atomic mass is 10.3. The highest BCUT2D eigenvalue weighted by Gasteiger charge is 2.16. The molecule has 0 aliphatic heterocycles. The van der Waals surface area contributed by atoms with Crippen LogP contribution in [0, 0.1) is 10.1 Å². The Morgan fingerprint density at radius 2 is 1.90 bits per heavy atom. The van der Waals surface area contributed by atoms with Gasteiger partial charge < -0.3 is 19.6 Å². The minimum Gasteiger partial charge on any atom is -0.493 e. The van der Waals surface area contributed by atoms with Crippen LogP contribution in [0.2, 0.25) is 0 Å². The first-order chi connectivity index (χ1) is 9.28. The van der Waals surface area contributed by atoms with Crippen molar-refractivity contribution < 1.29 is 33.6 Å². The number of phosphoric ester groups is 1. The molecule has 0 aliphatic rings. The molecule has 1 rings (SSSR count). The molecule has 0 saturated heterocycles. The van der Waals surface area contributed by atoms with Crippen LogP contribution in [-0.2, 0) is 9.09 Å². The van der Waals surface area contributed by atoms with Gasteiger partial charge in [-0.3, -0.25) is 14.6 Å². The summed E-state index contributed by atoms with van der Waals surface area (Å²) in [5.41, 5.74) is -0.0626. The summed E-state index contributed by atoms with van der Waals surface area (Å²) in [5, 5.41) is 19.8. The molecule has 0 aromatic heterocycles. The predicted octanol–water partition coefficient (Wildman–Crippen LogP) is 0.834. The van der Waals surface area contributed by atoms with Crippen LogP contribution in [0.15, 0.2) is 24.3 Å². The van der Waals surface area contributed by atoms with Crippen molar-refractivity contribution in [1.29, 1.82) is 0 Å². The van der Waals surface area contributed by atoms with Crippen LogP contribution in [0.25, 0.3) is 0 Å². The van der Waals surface area contributed by atoms with Crippen molar-refractivity contribution in [3.05, 3.63) is 34.4 Å². The number of aliphatic hydroxyl groups excluding tert-OH is 1. The number of nitro groups is 1. The van der Waals surface area contributed by atoms with Gasteiger partial charge in [-0.25, -0.2) is 4.57 Å². The van der Waals surface area contributed by atoms with Crippen LogP contribution < -0.4 is 4.74 Å². The Kier molecular flexibility index (Phi) is 6.05. The van der Waals surface area contributed by atoms with E-state index < -0.39 is 25.5 Å². The topological polar surface area (TPSA) is 139 Å². The molecule has 9 nitrogen and oxygen atoms in total. The van der Waals surface area contributed by atoms with E-state index in [4.69, 9.17) is 14.5 Å². The molecule has 0 heterocycles. The summed E-state index contributed by atoms with van der Waals surface area (Å²) in [4.78, 5) is 26.8. The third-order valence-corrected chi connectivity index (χ3v) is 2.69. The van der Waals surface area contributed by atoms with Gasteiger partial charge in [-0.15, -0.1) is 0 Å². The van der Waals surface area contributed by atoms with E-state index in [-0.39, 0.29) is 18.7 Å². The smallest absolute Gasteiger partial charge is 0.469 e. The minimum atomic E-state index is -4.59. The highest BCUT2D eigenvalue weighted by molar-refractivity contribution is 7.46. The largest absolute Gasteiger partial charge is 0.493 e. The monoisotopic (exact) mass is 307 g/mol. The zero-order valence-electron chi connectivity index (χ0n) is 10.3. The standard InChI is InChI=1S/C10H14NO8P/c12-9(7-19-20(15,16)17)5-6-18-10-3-1-8(2-4-10)11(13)14/h1-4,9,12H,5-7H2,(H2,15,16,17). The van der Waals surface area contributed by atoms with Crippen molar-refractivity contribution in [3.63, 3.8) is 0 Å². The van der Waals surface area contributed by atoms with Crippen molar-refractivity contribution >= 4 is 13.5 Å². The van der Waals surface area contributed by atoms with Gasteiger partial charge in [0.25, 0.3) is 5.69 Å². The molecule has 1 aromatic rings. The van der Waals surface area contributed by atoms with Gasteiger partial charge >= 0.3 is 7.82 Å². The molecular formula is C10H14NO8P. The summed E-state index contributed by atoms with van der Waals surface area (Å²) in [7, 11) is -4.59. The molecule has 0 bridgehead atoms. The molecule has 10 heteroatoms. The summed E-state index contributed by atoms with van der Waals surface area (Å²) < 4.78 is 19.7. The normalized spacial score (nSPS) is 12.9. The lowest BCUT2D eigenvalue weighted by Crippen LogP contribution is -2.17. The number of rotatable bonds is 8. The quantitative estimate of drug-likeness (QED) is 0.364. The van der Waals surface area contributed by atoms with Crippen LogP contribution in [-0.4, -0.2) is 39.1 Å². The van der Waals surface area contributed by atoms with E-state index in [0.717, 1.165) is 0 Å². The number of ether oxygens (including phenoxy) is 1. The van der Waals surface area contributed by atoms with Crippen molar-refractivity contribution in [2.75, 3.05) is 13.2 Å². The van der Waals surface area contributed by atoms with E-state index in [1.165, 1.54) is 24.3 Å². The van der Waals surface area contributed by atoms with Crippen molar-refractivity contribution in [1.82, 2.24) is 0 Å². The van der Waals surface area contributed by atoms with Gasteiger partial charge in [0, 0.05) is 18.6 Å². The van der Waals surface area contributed by atoms with Crippen molar-refractivity contribution in [2.24, 2.45) is 0 Å². The van der Waals surface area contributed by atoms with E-state index in [1.807, 2.05) is 0 Å². The highest BCUT2D eigenvalue weighted by Crippen LogP contribution is 2.35. The number of benzene rings is 1. The fourth-order valence-electron chi connectivity index (χ4n) is 1.24. The van der Waals surface area contributed by atoms with Gasteiger partial charge in [0.15, 0.2) is 0 Å². The van der Waals surface area contributed by atoms with Gasteiger partial charge in [0.1, 0.15) is 5.75 Å². The molecule has 0 aliphatic carbocycles. The second-order valence-electron chi connectivity index (χ2n) is 3.83. The van der Waals surface area contributed by atoms with Crippen molar-refractivity contribution in [3.8, 4) is 5.75 Å². The van der Waals surface area contributed by atoms with E-state index >= 15 is 0 Å². The third kappa shape index (κ3) is 6.60. The minimum absolute atomic E-state index is 0.0626. The van der Waals surface area contributed by atoms with Crippen molar-refractivity contribution in [2.45, 2.75) is 12.5 Å². The zero-order valence-corrected chi connectivity index (χ0v) is 11.2. The Morgan fingerprint density at radius 1 is 1.30 bits per heavy atom. The molecule has 112 valence electrons. The number of nitro benzene ring substituents is 1. The number of non-ortho nitro benzene ring substituents is 1. The summed E-state index contributed by atoms with van der Waals surface area (Å²) >= 11 is 0. The Hall–Kier alpha value is -1.51. The maximum Gasteiger partial charge on any atom is 0.469 e. The Morgan fingerprint density at radius 3 is 2.40 bits per heavy atom. The number of phosphoric acid groups is 1. The maximum absolute atomic E-state index is 10.4. The first-order valence-electron chi connectivity index (χ1n) is 5.53. The molecule has 3 N–H and O–H groups in total. The fourth-order valence-corrected chi connectivity index (χ4v) is 1.61. The molecule has 1 aromatic carbocycles. The van der Waals surface area contributed by atoms with E-state index in [2.05, 4.69) is 4.52 Å². The molecule has 1 atom stereocenters. The van der Waals surface area contributed by atoms with E-state index in [9.17, 15) is 19.8 Å². The molecular weight excluding hydrogens is 293 g/mol. The molecule has 1 unspecified atom stereocenters. The SMILES string of the molecule is O=[N+]([O-])c1ccc(OCCC(O)COP(=O)(O)O)cc1. The predicted molar refractivity (Wildman–Crippen MR) is 67.2 cm³/mol. The van der Waals surface area contributed by atoms with Crippen LogP contribution in [0.5, 0.6) is 5.75 Å².